The molecule has 0 heterocycles. The number of carbonyl (C=O) groups excluding carboxylic acids is 2. The Morgan fingerprint density at radius 3 is 1.96 bits per heavy atom. The van der Waals surface area contributed by atoms with E-state index in [0.717, 1.165) is 0 Å². The van der Waals surface area contributed by atoms with Crippen molar-refractivity contribution in [1.29, 1.82) is 0 Å². The van der Waals surface area contributed by atoms with Crippen LogP contribution in [0.25, 0.3) is 0 Å². The van der Waals surface area contributed by atoms with Crippen LogP contribution in [0.15, 0.2) is 11.6 Å². The Bertz CT molecular complexity index is 516. The summed E-state index contributed by atoms with van der Waals surface area (Å²) >= 11 is 0. The van der Waals surface area contributed by atoms with Gasteiger partial charge in [-0.25, -0.2) is 4.79 Å². The average molecular weight is 350 g/mol. The van der Waals surface area contributed by atoms with Crippen molar-refractivity contribution in [2.75, 3.05) is 13.7 Å². The smallest absolute Gasteiger partial charge is 0.343 e. The third kappa shape index (κ3) is 3.84. The molecule has 0 aromatic rings. The molecule has 1 atom stereocenters. The molecule has 7 nitrogen and oxygen atoms in total. The number of ether oxygens (including phenoxy) is 2. The van der Waals surface area contributed by atoms with Crippen LogP contribution in [0.5, 0.6) is 0 Å². The monoisotopic (exact) mass is 350 g/mol. The number of allylic oxidation sites excluding steroid dienone is 1. The second-order valence-corrected chi connectivity index (χ2v) is 7.46. The van der Waals surface area contributed by atoms with E-state index >= 15 is 0 Å². The molecule has 2 N–H and O–H groups in total. The predicted octanol–water partition coefficient (Wildman–Crippen LogP) is 2.41. The molecule has 8 heteroatoms. The third-order valence-corrected chi connectivity index (χ3v) is 6.46. The zero-order valence-electron chi connectivity index (χ0n) is 14.6. The van der Waals surface area contributed by atoms with Crippen LogP contribution in [-0.4, -0.2) is 40.6 Å². The molecule has 0 amide bonds. The lowest BCUT2D eigenvalue weighted by atomic mass is 9.66. The van der Waals surface area contributed by atoms with Gasteiger partial charge in [0.2, 0.25) is 0 Å². The molecule has 0 aromatic carbocycles. The van der Waals surface area contributed by atoms with Gasteiger partial charge in [-0.2, -0.15) is 0 Å². The van der Waals surface area contributed by atoms with Crippen molar-refractivity contribution < 1.29 is 33.4 Å². The van der Waals surface area contributed by atoms with E-state index in [-0.39, 0.29) is 19.4 Å². The minimum Gasteiger partial charge on any atom is -0.466 e. The Hall–Kier alpha value is -1.17. The van der Waals surface area contributed by atoms with E-state index in [2.05, 4.69) is 4.74 Å². The first-order chi connectivity index (χ1) is 10.5. The molecule has 0 saturated heterocycles. The molecule has 134 valence electrons. The van der Waals surface area contributed by atoms with Crippen molar-refractivity contribution in [2.24, 2.45) is 5.41 Å². The molecule has 0 radical (unpaired) electrons. The van der Waals surface area contributed by atoms with E-state index in [9.17, 15) is 23.9 Å². The molecule has 0 rings (SSSR count). The van der Waals surface area contributed by atoms with Crippen LogP contribution in [0.2, 0.25) is 0 Å². The zero-order chi connectivity index (χ0) is 18.5. The van der Waals surface area contributed by atoms with Gasteiger partial charge in [0.25, 0.3) is 0 Å². The predicted molar refractivity (Wildman–Crippen MR) is 85.9 cm³/mol. The molecular weight excluding hydrogens is 323 g/mol. The summed E-state index contributed by atoms with van der Waals surface area (Å²) in [4.78, 5) is 43.9. The van der Waals surface area contributed by atoms with Gasteiger partial charge in [0.1, 0.15) is 0 Å². The maximum absolute atomic E-state index is 12.5. The fraction of sp³-hybridized carbons (Fsp3) is 0.733. The molecule has 0 aliphatic carbocycles. The second-order valence-electron chi connectivity index (χ2n) is 5.48. The fourth-order valence-corrected chi connectivity index (χ4v) is 4.47. The highest BCUT2D eigenvalue weighted by atomic mass is 31.2. The van der Waals surface area contributed by atoms with Crippen LogP contribution in [0, 0.1) is 5.41 Å². The number of methoxy groups -OCH3 is 1. The minimum absolute atomic E-state index is 0.00229. The first-order valence-corrected chi connectivity index (χ1v) is 9.09. The van der Waals surface area contributed by atoms with Crippen LogP contribution >= 0.6 is 7.60 Å². The average Bonchev–Trinajstić information content (AvgIpc) is 2.47. The van der Waals surface area contributed by atoms with E-state index in [1.54, 1.807) is 27.7 Å². The topological polar surface area (TPSA) is 110 Å². The SMILES string of the molecule is CCOC(=O)C(C)(C(CC)(CC)C(C)=CC(=O)OC)P(=O)(O)O. The van der Waals surface area contributed by atoms with Gasteiger partial charge in [-0.1, -0.05) is 19.4 Å². The molecular formula is C15H27O7P. The molecule has 0 aromatic heterocycles. The number of esters is 2. The van der Waals surface area contributed by atoms with E-state index in [1.807, 2.05) is 0 Å². The normalized spacial score (nSPS) is 15.7. The highest BCUT2D eigenvalue weighted by molar-refractivity contribution is 7.54. The molecule has 0 aliphatic rings. The van der Waals surface area contributed by atoms with Gasteiger partial charge in [0.15, 0.2) is 5.16 Å². The molecule has 0 bridgehead atoms. The van der Waals surface area contributed by atoms with E-state index in [0.29, 0.717) is 5.57 Å². The lowest BCUT2D eigenvalue weighted by Crippen LogP contribution is -2.53. The summed E-state index contributed by atoms with van der Waals surface area (Å²) in [6.45, 7) is 7.76. The lowest BCUT2D eigenvalue weighted by molar-refractivity contribution is -0.150. The van der Waals surface area contributed by atoms with Crippen LogP contribution in [0.3, 0.4) is 0 Å². The van der Waals surface area contributed by atoms with Crippen molar-refractivity contribution >= 4 is 19.5 Å². The number of hydrogen-bond acceptors (Lipinski definition) is 5. The molecule has 0 saturated carbocycles. The largest absolute Gasteiger partial charge is 0.466 e. The van der Waals surface area contributed by atoms with Gasteiger partial charge in [0, 0.05) is 11.5 Å². The Balaban J connectivity index is 6.53. The zero-order valence-corrected chi connectivity index (χ0v) is 15.5. The number of carbonyl (C=O) groups is 2. The highest BCUT2D eigenvalue weighted by Crippen LogP contribution is 2.64. The van der Waals surface area contributed by atoms with Crippen molar-refractivity contribution in [3.8, 4) is 0 Å². The van der Waals surface area contributed by atoms with E-state index in [1.165, 1.54) is 20.1 Å². The van der Waals surface area contributed by atoms with Crippen LogP contribution in [-0.2, 0) is 23.6 Å². The molecule has 23 heavy (non-hydrogen) atoms. The molecule has 0 spiro atoms. The first-order valence-electron chi connectivity index (χ1n) is 7.48. The van der Waals surface area contributed by atoms with Gasteiger partial charge in [-0.3, -0.25) is 9.36 Å². The number of rotatable bonds is 8. The van der Waals surface area contributed by atoms with Gasteiger partial charge in [-0.15, -0.1) is 0 Å². The van der Waals surface area contributed by atoms with E-state index in [4.69, 9.17) is 4.74 Å². The third-order valence-electron chi connectivity index (χ3n) is 4.68. The van der Waals surface area contributed by atoms with Crippen molar-refractivity contribution in [2.45, 2.75) is 52.6 Å². The Labute approximate surface area is 137 Å². The summed E-state index contributed by atoms with van der Waals surface area (Å²) in [6.07, 6.45) is 1.65. The van der Waals surface area contributed by atoms with Crippen LogP contribution < -0.4 is 0 Å². The van der Waals surface area contributed by atoms with Crippen molar-refractivity contribution in [3.63, 3.8) is 0 Å². The summed E-state index contributed by atoms with van der Waals surface area (Å²) in [5.41, 5.74) is -0.875. The minimum atomic E-state index is -4.90. The standard InChI is InChI=1S/C15H27O7P/c1-7-15(8-2,11(4)10-12(16)21-6)14(5,23(18,19)20)13(17)22-9-3/h10H,7-9H2,1-6H3,(H2,18,19,20). The Morgan fingerprint density at radius 2 is 1.65 bits per heavy atom. The van der Waals surface area contributed by atoms with Gasteiger partial charge in [0.05, 0.1) is 13.7 Å². The quantitative estimate of drug-likeness (QED) is 0.393. The molecule has 1 unspecified atom stereocenters. The summed E-state index contributed by atoms with van der Waals surface area (Å²) in [5.74, 6) is -1.62. The maximum Gasteiger partial charge on any atom is 0.343 e. The molecule has 0 fully saturated rings. The van der Waals surface area contributed by atoms with Gasteiger partial charge < -0.3 is 19.3 Å². The van der Waals surface area contributed by atoms with Crippen molar-refractivity contribution in [1.82, 2.24) is 0 Å². The summed E-state index contributed by atoms with van der Waals surface area (Å²) in [6, 6.07) is 0. The number of hydrogen-bond donors (Lipinski definition) is 2. The van der Waals surface area contributed by atoms with Crippen LogP contribution in [0.1, 0.15) is 47.5 Å². The Kier molecular flexibility index (Phi) is 7.67. The van der Waals surface area contributed by atoms with E-state index < -0.39 is 30.1 Å². The van der Waals surface area contributed by atoms with Gasteiger partial charge >= 0.3 is 19.5 Å². The summed E-state index contributed by atoms with van der Waals surface area (Å²) in [5, 5.41) is -2.10. The highest BCUT2D eigenvalue weighted by Gasteiger charge is 2.63. The lowest BCUT2D eigenvalue weighted by Gasteiger charge is -2.46. The maximum atomic E-state index is 12.5. The van der Waals surface area contributed by atoms with Crippen LogP contribution in [0.4, 0.5) is 0 Å². The Morgan fingerprint density at radius 1 is 1.17 bits per heavy atom. The van der Waals surface area contributed by atoms with Gasteiger partial charge in [-0.05, 0) is 33.6 Å². The summed E-state index contributed by atoms with van der Waals surface area (Å²) in [7, 11) is -3.69. The summed E-state index contributed by atoms with van der Waals surface area (Å²) < 4.78 is 21.8. The first kappa shape index (κ1) is 21.8. The van der Waals surface area contributed by atoms with Crippen molar-refractivity contribution in [3.05, 3.63) is 11.6 Å². The fourth-order valence-electron chi connectivity index (χ4n) is 3.12. The second kappa shape index (κ2) is 8.08. The molecule has 0 aliphatic heterocycles.